The second-order valence-corrected chi connectivity index (χ2v) is 6.46. The number of ketones is 1. The van der Waals surface area contributed by atoms with Crippen molar-refractivity contribution in [3.63, 3.8) is 0 Å². The Morgan fingerprint density at radius 3 is 2.38 bits per heavy atom. The Balaban J connectivity index is 2.21. The molecule has 0 bridgehead atoms. The maximum Gasteiger partial charge on any atom is 0.295 e. The molecule has 7 nitrogen and oxygen atoms in total. The number of nitrogens with zero attached hydrogens (tertiary/aromatic N) is 1. The first-order chi connectivity index (χ1) is 14.0. The van der Waals surface area contributed by atoms with E-state index in [4.69, 9.17) is 14.2 Å². The molecule has 2 aromatic rings. The summed E-state index contributed by atoms with van der Waals surface area (Å²) < 4.78 is 15.7. The Kier molecular flexibility index (Phi) is 6.19. The van der Waals surface area contributed by atoms with E-state index in [1.54, 1.807) is 18.2 Å². The molecule has 1 atom stereocenters. The Bertz CT molecular complexity index is 938. The minimum absolute atomic E-state index is 0.00357. The average Bonchev–Trinajstić information content (AvgIpc) is 3.02. The van der Waals surface area contributed by atoms with Crippen molar-refractivity contribution in [2.24, 2.45) is 0 Å². The van der Waals surface area contributed by atoms with Crippen molar-refractivity contribution in [3.05, 3.63) is 65.2 Å². The second-order valence-electron chi connectivity index (χ2n) is 6.46. The number of benzene rings is 2. The van der Waals surface area contributed by atoms with Gasteiger partial charge in [-0.3, -0.25) is 9.59 Å². The summed E-state index contributed by atoms with van der Waals surface area (Å²) in [7, 11) is 4.49. The van der Waals surface area contributed by atoms with Gasteiger partial charge in [-0.15, -0.1) is 0 Å². The van der Waals surface area contributed by atoms with Gasteiger partial charge in [-0.2, -0.15) is 0 Å². The number of hydrogen-bond donors (Lipinski definition) is 1. The molecule has 1 fully saturated rings. The topological polar surface area (TPSA) is 85.3 Å². The zero-order valence-corrected chi connectivity index (χ0v) is 16.5. The van der Waals surface area contributed by atoms with E-state index in [0.717, 1.165) is 0 Å². The van der Waals surface area contributed by atoms with E-state index in [-0.39, 0.29) is 30.0 Å². The van der Waals surface area contributed by atoms with Crippen molar-refractivity contribution in [1.82, 2.24) is 4.90 Å². The van der Waals surface area contributed by atoms with E-state index >= 15 is 0 Å². The molecule has 1 unspecified atom stereocenters. The van der Waals surface area contributed by atoms with Gasteiger partial charge in [0.2, 0.25) is 0 Å². The van der Waals surface area contributed by atoms with Crippen molar-refractivity contribution in [1.29, 1.82) is 0 Å². The molecule has 0 aromatic heterocycles. The van der Waals surface area contributed by atoms with Crippen molar-refractivity contribution < 1.29 is 28.9 Å². The molecule has 0 aliphatic carbocycles. The summed E-state index contributed by atoms with van der Waals surface area (Å²) in [6.07, 6.45) is 0. The zero-order valence-electron chi connectivity index (χ0n) is 16.5. The largest absolute Gasteiger partial charge is 0.507 e. The third-order valence-electron chi connectivity index (χ3n) is 4.85. The summed E-state index contributed by atoms with van der Waals surface area (Å²) in [5, 5.41) is 11.1. The van der Waals surface area contributed by atoms with Crippen LogP contribution in [0.4, 0.5) is 0 Å². The number of Topliss-reactive ketones (excluding diaryl/α,β-unsaturated/α-hetero) is 1. The van der Waals surface area contributed by atoms with Crippen LogP contribution in [-0.2, 0) is 14.3 Å². The summed E-state index contributed by atoms with van der Waals surface area (Å²) in [5.74, 6) is -0.903. The summed E-state index contributed by atoms with van der Waals surface area (Å²) >= 11 is 0. The lowest BCUT2D eigenvalue weighted by Crippen LogP contribution is -2.32. The normalized spacial score (nSPS) is 18.2. The third-order valence-corrected chi connectivity index (χ3v) is 4.85. The molecule has 152 valence electrons. The molecular weight excluding hydrogens is 374 g/mol. The Morgan fingerprint density at radius 2 is 1.76 bits per heavy atom. The lowest BCUT2D eigenvalue weighted by Gasteiger charge is -2.25. The van der Waals surface area contributed by atoms with E-state index < -0.39 is 17.7 Å². The molecule has 1 aliphatic heterocycles. The minimum Gasteiger partial charge on any atom is -0.507 e. The number of methoxy groups -OCH3 is 3. The van der Waals surface area contributed by atoms with Crippen molar-refractivity contribution in [2.75, 3.05) is 34.5 Å². The van der Waals surface area contributed by atoms with Gasteiger partial charge in [-0.05, 0) is 23.8 Å². The molecule has 2 aromatic carbocycles. The Morgan fingerprint density at radius 1 is 1.03 bits per heavy atom. The van der Waals surface area contributed by atoms with E-state index in [9.17, 15) is 14.7 Å². The van der Waals surface area contributed by atoms with E-state index in [2.05, 4.69) is 0 Å². The number of carbonyl (C=O) groups excluding carboxylic acids is 2. The summed E-state index contributed by atoms with van der Waals surface area (Å²) in [6.45, 7) is 0.478. The Labute approximate surface area is 169 Å². The molecule has 0 radical (unpaired) electrons. The van der Waals surface area contributed by atoms with Crippen LogP contribution in [0, 0.1) is 0 Å². The van der Waals surface area contributed by atoms with Gasteiger partial charge in [0.25, 0.3) is 11.7 Å². The smallest absolute Gasteiger partial charge is 0.295 e. The highest BCUT2D eigenvalue weighted by atomic mass is 16.5. The van der Waals surface area contributed by atoms with E-state index in [0.29, 0.717) is 17.1 Å². The number of hydrogen-bond acceptors (Lipinski definition) is 6. The van der Waals surface area contributed by atoms with Crippen LogP contribution in [0.25, 0.3) is 5.76 Å². The van der Waals surface area contributed by atoms with Crippen LogP contribution in [0.1, 0.15) is 17.2 Å². The van der Waals surface area contributed by atoms with Crippen LogP contribution >= 0.6 is 0 Å². The van der Waals surface area contributed by atoms with Gasteiger partial charge in [-0.1, -0.05) is 30.3 Å². The number of ether oxygens (including phenoxy) is 3. The molecule has 1 N–H and O–H groups in total. The molecule has 3 rings (SSSR count). The first kappa shape index (κ1) is 20.4. The van der Waals surface area contributed by atoms with Crippen LogP contribution in [-0.4, -0.2) is 56.2 Å². The summed E-state index contributed by atoms with van der Waals surface area (Å²) in [6, 6.07) is 13.2. The average molecular weight is 397 g/mol. The lowest BCUT2D eigenvalue weighted by molar-refractivity contribution is -0.140. The van der Waals surface area contributed by atoms with Gasteiger partial charge in [0.15, 0.2) is 0 Å². The molecular formula is C22H23NO6. The molecule has 1 aliphatic rings. The predicted octanol–water partition coefficient (Wildman–Crippen LogP) is 2.77. The fraction of sp³-hybridized carbons (Fsp3) is 0.273. The van der Waals surface area contributed by atoms with Gasteiger partial charge in [-0.25, -0.2) is 0 Å². The molecule has 29 heavy (non-hydrogen) atoms. The van der Waals surface area contributed by atoms with Crippen molar-refractivity contribution in [2.45, 2.75) is 6.04 Å². The fourth-order valence-electron chi connectivity index (χ4n) is 3.43. The molecule has 1 amide bonds. The minimum atomic E-state index is -0.752. The summed E-state index contributed by atoms with van der Waals surface area (Å²) in [5.41, 5.74) is 0.993. The van der Waals surface area contributed by atoms with Crippen LogP contribution < -0.4 is 9.47 Å². The van der Waals surface area contributed by atoms with Gasteiger partial charge in [0.1, 0.15) is 17.3 Å². The van der Waals surface area contributed by atoms with Gasteiger partial charge >= 0.3 is 0 Å². The quantitative estimate of drug-likeness (QED) is 0.439. The highest BCUT2D eigenvalue weighted by molar-refractivity contribution is 6.46. The van der Waals surface area contributed by atoms with E-state index in [1.165, 1.54) is 26.2 Å². The summed E-state index contributed by atoms with van der Waals surface area (Å²) in [4.78, 5) is 27.1. The van der Waals surface area contributed by atoms with Crippen LogP contribution in [0.5, 0.6) is 11.5 Å². The van der Waals surface area contributed by atoms with Gasteiger partial charge in [0.05, 0.1) is 38.0 Å². The lowest BCUT2D eigenvalue weighted by atomic mass is 9.95. The maximum absolute atomic E-state index is 12.9. The fourth-order valence-corrected chi connectivity index (χ4v) is 3.43. The first-order valence-electron chi connectivity index (χ1n) is 9.08. The third kappa shape index (κ3) is 3.82. The molecule has 0 spiro atoms. The molecule has 1 saturated heterocycles. The van der Waals surface area contributed by atoms with Crippen molar-refractivity contribution in [3.8, 4) is 11.5 Å². The Hall–Kier alpha value is -3.32. The highest BCUT2D eigenvalue weighted by Crippen LogP contribution is 2.41. The van der Waals surface area contributed by atoms with Crippen LogP contribution in [0.3, 0.4) is 0 Å². The van der Waals surface area contributed by atoms with Crippen LogP contribution in [0.2, 0.25) is 0 Å². The maximum atomic E-state index is 12.9. The monoisotopic (exact) mass is 397 g/mol. The van der Waals surface area contributed by atoms with Crippen LogP contribution in [0.15, 0.2) is 54.1 Å². The molecule has 1 heterocycles. The molecule has 0 saturated carbocycles. The van der Waals surface area contributed by atoms with Gasteiger partial charge in [0, 0.05) is 13.7 Å². The number of likely N-dealkylation sites (tertiary alicyclic amines) is 1. The molecule has 7 heteroatoms. The number of aliphatic hydroxyl groups is 1. The second kappa shape index (κ2) is 8.79. The van der Waals surface area contributed by atoms with E-state index in [1.807, 2.05) is 30.3 Å². The number of amides is 1. The van der Waals surface area contributed by atoms with Gasteiger partial charge < -0.3 is 24.2 Å². The standard InChI is InChI=1S/C22H23NO6/c1-27-12-11-23-19(14-7-5-4-6-8-14)18(21(25)22(23)26)20(24)16-13-15(28-2)9-10-17(16)29-3/h4-10,13,19,24H,11-12H2,1-3H3/b20-18+. The predicted molar refractivity (Wildman–Crippen MR) is 107 cm³/mol. The number of aliphatic hydroxyl groups excluding tert-OH is 1. The first-order valence-corrected chi connectivity index (χ1v) is 9.08. The van der Waals surface area contributed by atoms with Crippen molar-refractivity contribution >= 4 is 17.4 Å². The number of carbonyl (C=O) groups is 2. The highest BCUT2D eigenvalue weighted by Gasteiger charge is 2.46. The SMILES string of the molecule is COCCN1C(=O)C(=O)/C(=C(/O)c2cc(OC)ccc2OC)C1c1ccccc1. The number of rotatable bonds is 7. The zero-order chi connectivity index (χ0) is 21.0.